The molecule has 0 spiro atoms. The highest BCUT2D eigenvalue weighted by molar-refractivity contribution is 5.87. The number of benzene rings is 1. The fourth-order valence-electron chi connectivity index (χ4n) is 4.01. The molecule has 2 aliphatic rings. The normalized spacial score (nSPS) is 19.1. The Labute approximate surface area is 181 Å². The van der Waals surface area contributed by atoms with Gasteiger partial charge in [0.05, 0.1) is 6.04 Å². The number of halogens is 1. The van der Waals surface area contributed by atoms with Gasteiger partial charge < -0.3 is 20.1 Å². The highest BCUT2D eigenvalue weighted by atomic mass is 19.1. The SMILES string of the molecule is CC(CF)Nc1cc(-c2noc(C3CCN(C(=O)CC4(C)CC4)CC3)n2)ccc1C=N. The van der Waals surface area contributed by atoms with Crippen LogP contribution in [0.3, 0.4) is 0 Å². The largest absolute Gasteiger partial charge is 0.379 e. The molecule has 1 unspecified atom stereocenters. The van der Waals surface area contributed by atoms with Gasteiger partial charge in [-0.2, -0.15) is 4.98 Å². The van der Waals surface area contributed by atoms with Crippen molar-refractivity contribution >= 4 is 17.8 Å². The van der Waals surface area contributed by atoms with Crippen molar-refractivity contribution in [2.24, 2.45) is 5.41 Å². The predicted molar refractivity (Wildman–Crippen MR) is 117 cm³/mol. The van der Waals surface area contributed by atoms with Crippen LogP contribution in [-0.4, -0.2) is 53.0 Å². The Balaban J connectivity index is 1.41. The van der Waals surface area contributed by atoms with Gasteiger partial charge in [0.15, 0.2) is 0 Å². The summed E-state index contributed by atoms with van der Waals surface area (Å²) in [5, 5.41) is 14.8. The number of nitrogens with one attached hydrogen (secondary N) is 2. The van der Waals surface area contributed by atoms with Gasteiger partial charge >= 0.3 is 0 Å². The topological polar surface area (TPSA) is 95.1 Å². The zero-order valence-corrected chi connectivity index (χ0v) is 18.2. The van der Waals surface area contributed by atoms with E-state index >= 15 is 0 Å². The van der Waals surface area contributed by atoms with Crippen molar-refractivity contribution in [2.75, 3.05) is 25.1 Å². The van der Waals surface area contributed by atoms with Crippen LogP contribution in [0.2, 0.25) is 0 Å². The molecular weight excluding hydrogens is 397 g/mol. The van der Waals surface area contributed by atoms with Gasteiger partial charge in [-0.15, -0.1) is 0 Å². The van der Waals surface area contributed by atoms with E-state index < -0.39 is 6.67 Å². The number of aromatic nitrogens is 2. The number of carbonyl (C=O) groups excluding carboxylic acids is 1. The van der Waals surface area contributed by atoms with E-state index in [4.69, 9.17) is 9.93 Å². The monoisotopic (exact) mass is 427 g/mol. The van der Waals surface area contributed by atoms with Crippen molar-refractivity contribution in [3.05, 3.63) is 29.7 Å². The molecule has 0 bridgehead atoms. The van der Waals surface area contributed by atoms with E-state index in [1.54, 1.807) is 13.0 Å². The second-order valence-corrected chi connectivity index (χ2v) is 9.24. The van der Waals surface area contributed by atoms with Gasteiger partial charge in [0.1, 0.15) is 6.67 Å². The second kappa shape index (κ2) is 8.77. The molecule has 0 radical (unpaired) electrons. The molecule has 1 saturated carbocycles. The first kappa shape index (κ1) is 21.5. The Morgan fingerprint density at radius 2 is 2.16 bits per heavy atom. The van der Waals surface area contributed by atoms with E-state index in [0.29, 0.717) is 29.4 Å². The van der Waals surface area contributed by atoms with Gasteiger partial charge in [0.25, 0.3) is 0 Å². The lowest BCUT2D eigenvalue weighted by Crippen LogP contribution is -2.38. The van der Waals surface area contributed by atoms with Crippen molar-refractivity contribution in [1.82, 2.24) is 15.0 Å². The summed E-state index contributed by atoms with van der Waals surface area (Å²) in [6, 6.07) is 5.09. The van der Waals surface area contributed by atoms with Gasteiger partial charge in [0.2, 0.25) is 17.6 Å². The first-order chi connectivity index (χ1) is 14.9. The number of nitrogens with zero attached hydrogens (tertiary/aromatic N) is 3. The van der Waals surface area contributed by atoms with E-state index in [0.717, 1.165) is 44.3 Å². The first-order valence-corrected chi connectivity index (χ1v) is 11.0. The molecule has 2 N–H and O–H groups in total. The smallest absolute Gasteiger partial charge is 0.230 e. The molecule has 1 amide bonds. The van der Waals surface area contributed by atoms with Crippen LogP contribution in [0, 0.1) is 10.8 Å². The van der Waals surface area contributed by atoms with E-state index in [1.807, 2.05) is 17.0 Å². The van der Waals surface area contributed by atoms with Gasteiger partial charge in [0, 0.05) is 48.5 Å². The van der Waals surface area contributed by atoms with Crippen molar-refractivity contribution < 1.29 is 13.7 Å². The molecule has 7 nitrogen and oxygen atoms in total. The Morgan fingerprint density at radius 3 is 2.81 bits per heavy atom. The summed E-state index contributed by atoms with van der Waals surface area (Å²) in [5.74, 6) is 1.48. The van der Waals surface area contributed by atoms with Crippen LogP contribution >= 0.6 is 0 Å². The summed E-state index contributed by atoms with van der Waals surface area (Å²) in [7, 11) is 0. The number of rotatable bonds is 8. The average Bonchev–Trinajstić information content (AvgIpc) is 3.30. The van der Waals surface area contributed by atoms with Crippen LogP contribution in [0.15, 0.2) is 22.7 Å². The Hall–Kier alpha value is -2.77. The lowest BCUT2D eigenvalue weighted by atomic mass is 9.95. The Kier molecular flexibility index (Phi) is 6.07. The number of anilines is 1. The molecular formula is C23H30FN5O2. The fourth-order valence-corrected chi connectivity index (χ4v) is 4.01. The highest BCUT2D eigenvalue weighted by Crippen LogP contribution is 2.48. The maximum absolute atomic E-state index is 12.9. The third-order valence-electron chi connectivity index (χ3n) is 6.42. The highest BCUT2D eigenvalue weighted by Gasteiger charge is 2.40. The van der Waals surface area contributed by atoms with Crippen LogP contribution in [0.4, 0.5) is 10.1 Å². The third-order valence-corrected chi connectivity index (χ3v) is 6.42. The number of alkyl halides is 1. The van der Waals surface area contributed by atoms with Crippen LogP contribution < -0.4 is 5.32 Å². The molecule has 1 aromatic heterocycles. The van der Waals surface area contributed by atoms with E-state index in [2.05, 4.69) is 22.4 Å². The number of hydrogen-bond donors (Lipinski definition) is 2. The van der Waals surface area contributed by atoms with E-state index in [9.17, 15) is 9.18 Å². The van der Waals surface area contributed by atoms with Crippen LogP contribution in [0.1, 0.15) is 63.3 Å². The zero-order chi connectivity index (χ0) is 22.0. The van der Waals surface area contributed by atoms with E-state index in [1.165, 1.54) is 6.21 Å². The maximum Gasteiger partial charge on any atom is 0.230 e. The number of amides is 1. The van der Waals surface area contributed by atoms with Crippen LogP contribution in [0.25, 0.3) is 11.4 Å². The molecule has 2 heterocycles. The predicted octanol–water partition coefficient (Wildman–Crippen LogP) is 4.40. The quantitative estimate of drug-likeness (QED) is 0.609. The van der Waals surface area contributed by atoms with Gasteiger partial charge in [-0.1, -0.05) is 24.2 Å². The van der Waals surface area contributed by atoms with Crippen LogP contribution in [0.5, 0.6) is 0 Å². The summed E-state index contributed by atoms with van der Waals surface area (Å²) in [5.41, 5.74) is 2.32. The molecule has 4 rings (SSSR count). The number of carbonyl (C=O) groups is 1. The first-order valence-electron chi connectivity index (χ1n) is 11.0. The molecule has 2 aromatic rings. The average molecular weight is 428 g/mol. The summed E-state index contributed by atoms with van der Waals surface area (Å²) in [6.45, 7) is 4.87. The summed E-state index contributed by atoms with van der Waals surface area (Å²) >= 11 is 0. The van der Waals surface area contributed by atoms with Gasteiger partial charge in [-0.05, 0) is 44.1 Å². The minimum absolute atomic E-state index is 0.145. The van der Waals surface area contributed by atoms with Crippen molar-refractivity contribution in [3.8, 4) is 11.4 Å². The molecule has 166 valence electrons. The molecule has 1 aromatic carbocycles. The van der Waals surface area contributed by atoms with E-state index in [-0.39, 0.29) is 23.3 Å². The number of hydrogen-bond acceptors (Lipinski definition) is 6. The summed E-state index contributed by atoms with van der Waals surface area (Å²) in [6.07, 6.45) is 5.84. The Morgan fingerprint density at radius 1 is 1.42 bits per heavy atom. The van der Waals surface area contributed by atoms with Crippen molar-refractivity contribution in [2.45, 2.75) is 57.9 Å². The standard InChI is InChI=1S/C23H30FN5O2/c1-15(13-24)26-19-11-17(3-4-18(19)14-25)21-27-22(31-28-21)16-5-9-29(10-6-16)20(30)12-23(2)7-8-23/h3-4,11,14-16,25-26H,5-10,12-13H2,1-2H3. The summed E-state index contributed by atoms with van der Waals surface area (Å²) in [4.78, 5) is 19.1. The third kappa shape index (κ3) is 4.94. The fraction of sp³-hybridized carbons (Fsp3) is 0.565. The molecule has 8 heteroatoms. The Bertz CT molecular complexity index is 947. The molecule has 1 atom stereocenters. The molecule has 1 aliphatic heterocycles. The van der Waals surface area contributed by atoms with Crippen molar-refractivity contribution in [1.29, 1.82) is 5.41 Å². The number of piperidine rings is 1. The van der Waals surface area contributed by atoms with Crippen molar-refractivity contribution in [3.63, 3.8) is 0 Å². The minimum atomic E-state index is -0.505. The number of likely N-dealkylation sites (tertiary alicyclic amines) is 1. The molecule has 1 saturated heterocycles. The zero-order valence-electron chi connectivity index (χ0n) is 18.2. The summed E-state index contributed by atoms with van der Waals surface area (Å²) < 4.78 is 18.5. The lowest BCUT2D eigenvalue weighted by molar-refractivity contribution is -0.133. The molecule has 1 aliphatic carbocycles. The van der Waals surface area contributed by atoms with Crippen LogP contribution in [-0.2, 0) is 4.79 Å². The maximum atomic E-state index is 12.9. The minimum Gasteiger partial charge on any atom is -0.379 e. The molecule has 31 heavy (non-hydrogen) atoms. The molecule has 2 fully saturated rings. The van der Waals surface area contributed by atoms with Gasteiger partial charge in [-0.25, -0.2) is 4.39 Å². The van der Waals surface area contributed by atoms with Gasteiger partial charge in [-0.3, -0.25) is 4.79 Å². The lowest BCUT2D eigenvalue weighted by Gasteiger charge is -2.31. The second-order valence-electron chi connectivity index (χ2n) is 9.24.